The number of amides is 1. The number of allylic oxidation sites excluding steroid dienone is 3. The molecule has 0 atom stereocenters. The van der Waals surface area contributed by atoms with Gasteiger partial charge in [0.2, 0.25) is 6.41 Å². The largest absolute Gasteiger partial charge is 0.489 e. The van der Waals surface area contributed by atoms with Gasteiger partial charge in [-0.2, -0.15) is 3.89 Å². The minimum absolute atomic E-state index is 0.00248. The van der Waals surface area contributed by atoms with Crippen LogP contribution in [0.4, 0.5) is 14.1 Å². The van der Waals surface area contributed by atoms with Crippen molar-refractivity contribution < 1.29 is 17.8 Å². The average molecular weight is 351 g/mol. The van der Waals surface area contributed by atoms with Crippen LogP contribution in [-0.4, -0.2) is 28.2 Å². The van der Waals surface area contributed by atoms with Gasteiger partial charge >= 0.3 is 0 Å². The van der Waals surface area contributed by atoms with Crippen molar-refractivity contribution in [3.63, 3.8) is 0 Å². The number of rotatable bonds is 9. The van der Waals surface area contributed by atoms with Gasteiger partial charge in [-0.05, 0) is 12.1 Å². The van der Waals surface area contributed by atoms with E-state index in [9.17, 15) is 13.1 Å². The summed E-state index contributed by atoms with van der Waals surface area (Å²) in [6.07, 6.45) is 5.26. The Morgan fingerprint density at radius 3 is 2.88 bits per heavy atom. The molecular formula is C16H15F2N3O2S. The summed E-state index contributed by atoms with van der Waals surface area (Å²) in [5.74, 6) is -0.409. The molecule has 8 heteroatoms. The fourth-order valence-corrected chi connectivity index (χ4v) is 2.25. The molecular weight excluding hydrogens is 336 g/mol. The lowest BCUT2D eigenvalue weighted by molar-refractivity contribution is -0.105. The summed E-state index contributed by atoms with van der Waals surface area (Å²) in [7, 11) is 0. The van der Waals surface area contributed by atoms with Crippen LogP contribution in [0.15, 0.2) is 55.3 Å². The second-order valence-electron chi connectivity index (χ2n) is 4.59. The first kappa shape index (κ1) is 17.7. The first-order valence-corrected chi connectivity index (χ1v) is 7.76. The predicted octanol–water partition coefficient (Wildman–Crippen LogP) is 3.92. The number of aromatic nitrogens is 2. The quantitative estimate of drug-likeness (QED) is 0.322. The van der Waals surface area contributed by atoms with Crippen LogP contribution < -0.4 is 5.32 Å². The van der Waals surface area contributed by atoms with E-state index in [1.54, 1.807) is 28.9 Å². The second kappa shape index (κ2) is 8.30. The Hall–Kier alpha value is -2.61. The van der Waals surface area contributed by atoms with Gasteiger partial charge in [0, 0.05) is 29.5 Å². The maximum atomic E-state index is 13.7. The Morgan fingerprint density at radius 1 is 1.46 bits per heavy atom. The van der Waals surface area contributed by atoms with Gasteiger partial charge in [0.1, 0.15) is 5.65 Å². The third-order valence-electron chi connectivity index (χ3n) is 3.07. The molecule has 0 unspecified atom stereocenters. The minimum atomic E-state index is -0.775. The third kappa shape index (κ3) is 4.02. The molecule has 2 rings (SSSR count). The molecule has 0 aromatic carbocycles. The molecule has 24 heavy (non-hydrogen) atoms. The number of nitrogens with zero attached hydrogens (tertiary/aromatic N) is 2. The summed E-state index contributed by atoms with van der Waals surface area (Å²) in [4.78, 5) is 14.7. The number of ether oxygens (including phenoxy) is 1. The van der Waals surface area contributed by atoms with Crippen LogP contribution in [0.2, 0.25) is 0 Å². The zero-order valence-electron chi connectivity index (χ0n) is 12.7. The Morgan fingerprint density at radius 2 is 2.25 bits per heavy atom. The number of hydrogen-bond acceptors (Lipinski definition) is 4. The topological polar surface area (TPSA) is 55.6 Å². The summed E-state index contributed by atoms with van der Waals surface area (Å²) < 4.78 is 32.8. The van der Waals surface area contributed by atoms with Gasteiger partial charge in [0.05, 0.1) is 18.6 Å². The highest BCUT2D eigenvalue weighted by Gasteiger charge is 2.13. The van der Waals surface area contributed by atoms with E-state index in [0.29, 0.717) is 29.0 Å². The van der Waals surface area contributed by atoms with Crippen molar-refractivity contribution in [3.8, 4) is 0 Å². The Balaban J connectivity index is 2.44. The summed E-state index contributed by atoms with van der Waals surface area (Å²) in [5, 5.41) is 2.45. The molecule has 0 aliphatic carbocycles. The number of nitrogens with one attached hydrogen (secondary N) is 1. The van der Waals surface area contributed by atoms with Crippen LogP contribution in [0.5, 0.6) is 0 Å². The van der Waals surface area contributed by atoms with Gasteiger partial charge in [-0.25, -0.2) is 9.37 Å². The molecule has 0 fully saturated rings. The summed E-state index contributed by atoms with van der Waals surface area (Å²) in [6, 6.07) is 3.41. The number of carbonyl (C=O) groups is 1. The predicted molar refractivity (Wildman–Crippen MR) is 91.8 cm³/mol. The molecule has 0 spiro atoms. The summed E-state index contributed by atoms with van der Waals surface area (Å²) >= 11 is 0.106. The molecule has 0 aliphatic heterocycles. The fourth-order valence-electron chi connectivity index (χ4n) is 2.10. The molecule has 2 aromatic heterocycles. The zero-order valence-corrected chi connectivity index (χ0v) is 13.5. The maximum absolute atomic E-state index is 13.7. The SMILES string of the molecule is C=C/C(=C(/OCCSF)C(=C)F)c1ccc2nc(NC=O)cn2c1. The Kier molecular flexibility index (Phi) is 6.14. The molecule has 0 saturated carbocycles. The maximum Gasteiger partial charge on any atom is 0.212 e. The highest BCUT2D eigenvalue weighted by atomic mass is 32.2. The molecule has 5 nitrogen and oxygen atoms in total. The van der Waals surface area contributed by atoms with Crippen molar-refractivity contribution in [1.82, 2.24) is 9.38 Å². The number of halogens is 2. The van der Waals surface area contributed by atoms with Crippen molar-refractivity contribution in [2.75, 3.05) is 17.7 Å². The molecule has 0 radical (unpaired) electrons. The van der Waals surface area contributed by atoms with Crippen LogP contribution in [0.3, 0.4) is 0 Å². The van der Waals surface area contributed by atoms with Crippen LogP contribution >= 0.6 is 12.1 Å². The van der Waals surface area contributed by atoms with E-state index in [-0.39, 0.29) is 30.3 Å². The number of anilines is 1. The molecule has 0 saturated heterocycles. The van der Waals surface area contributed by atoms with E-state index in [0.717, 1.165) is 0 Å². The summed E-state index contributed by atoms with van der Waals surface area (Å²) in [6.45, 7) is 6.93. The molecule has 1 N–H and O–H groups in total. The van der Waals surface area contributed by atoms with E-state index >= 15 is 0 Å². The van der Waals surface area contributed by atoms with E-state index in [2.05, 4.69) is 23.5 Å². The Bertz CT molecular complexity index is 802. The lowest BCUT2D eigenvalue weighted by atomic mass is 10.1. The van der Waals surface area contributed by atoms with Crippen LogP contribution in [-0.2, 0) is 9.53 Å². The number of imidazole rings is 1. The number of hydrogen-bond donors (Lipinski definition) is 1. The third-order valence-corrected chi connectivity index (χ3v) is 3.39. The smallest absolute Gasteiger partial charge is 0.212 e. The van der Waals surface area contributed by atoms with Gasteiger partial charge < -0.3 is 14.5 Å². The average Bonchev–Trinajstić information content (AvgIpc) is 2.96. The van der Waals surface area contributed by atoms with Gasteiger partial charge in [-0.15, -0.1) is 0 Å². The molecule has 0 bridgehead atoms. The van der Waals surface area contributed by atoms with Crippen molar-refractivity contribution >= 4 is 35.6 Å². The first-order chi connectivity index (χ1) is 11.6. The Labute approximate surface area is 142 Å². The standard InChI is InChI=1S/C16H15F2N3O2S/c1-3-13(16(11(2)17)23-6-7-24-18)12-4-5-15-20-14(19-10-22)9-21(15)8-12/h3-5,8-10H,1-2,6-7H2,(H,19,22)/b16-13-. The second-order valence-corrected chi connectivity index (χ2v) is 5.21. The van der Waals surface area contributed by atoms with Gasteiger partial charge in [0.25, 0.3) is 0 Å². The zero-order chi connectivity index (χ0) is 17.5. The lowest BCUT2D eigenvalue weighted by Crippen LogP contribution is -2.01. The lowest BCUT2D eigenvalue weighted by Gasteiger charge is -2.12. The van der Waals surface area contributed by atoms with Crippen molar-refractivity contribution in [2.24, 2.45) is 0 Å². The van der Waals surface area contributed by atoms with Gasteiger partial charge in [0.15, 0.2) is 17.4 Å². The fraction of sp³-hybridized carbons (Fsp3) is 0.125. The van der Waals surface area contributed by atoms with Crippen molar-refractivity contribution in [1.29, 1.82) is 0 Å². The van der Waals surface area contributed by atoms with Gasteiger partial charge in [-0.3, -0.25) is 4.79 Å². The van der Waals surface area contributed by atoms with E-state index < -0.39 is 5.83 Å². The first-order valence-electron chi connectivity index (χ1n) is 6.87. The molecule has 126 valence electrons. The molecule has 2 heterocycles. The molecule has 1 amide bonds. The molecule has 2 aromatic rings. The van der Waals surface area contributed by atoms with Crippen LogP contribution in [0, 0.1) is 0 Å². The highest BCUT2D eigenvalue weighted by Crippen LogP contribution is 2.27. The van der Waals surface area contributed by atoms with Crippen molar-refractivity contribution in [3.05, 3.63) is 60.9 Å². The highest BCUT2D eigenvalue weighted by molar-refractivity contribution is 7.94. The molecule has 0 aliphatic rings. The number of carbonyl (C=O) groups excluding carboxylic acids is 1. The minimum Gasteiger partial charge on any atom is -0.489 e. The number of fused-ring (bicyclic) bond motifs is 1. The van der Waals surface area contributed by atoms with E-state index in [1.807, 2.05) is 0 Å². The van der Waals surface area contributed by atoms with Crippen LogP contribution in [0.25, 0.3) is 11.2 Å². The normalized spacial score (nSPS) is 11.8. The van der Waals surface area contributed by atoms with Gasteiger partial charge in [-0.1, -0.05) is 19.2 Å². The number of pyridine rings is 1. The van der Waals surface area contributed by atoms with E-state index in [1.165, 1.54) is 6.08 Å². The van der Waals surface area contributed by atoms with E-state index in [4.69, 9.17) is 4.74 Å². The summed E-state index contributed by atoms with van der Waals surface area (Å²) in [5.41, 5.74) is 1.59. The van der Waals surface area contributed by atoms with Crippen molar-refractivity contribution in [2.45, 2.75) is 0 Å². The monoisotopic (exact) mass is 351 g/mol. The van der Waals surface area contributed by atoms with Crippen LogP contribution in [0.1, 0.15) is 5.56 Å².